The molecule has 0 aliphatic rings. The molecule has 0 aliphatic carbocycles. The highest BCUT2D eigenvalue weighted by molar-refractivity contribution is 5.93. The number of ether oxygens (including phenoxy) is 3. The minimum absolute atomic E-state index is 0.136. The first kappa shape index (κ1) is 14.0. The summed E-state index contributed by atoms with van der Waals surface area (Å²) in [5, 5.41) is 0. The van der Waals surface area contributed by atoms with Crippen LogP contribution in [0.5, 0.6) is 11.9 Å². The van der Waals surface area contributed by atoms with Gasteiger partial charge in [0.05, 0.1) is 26.5 Å². The van der Waals surface area contributed by atoms with Crippen LogP contribution < -0.4 is 9.47 Å². The van der Waals surface area contributed by atoms with Gasteiger partial charge in [-0.25, -0.2) is 4.79 Å². The molecule has 98 valence electrons. The van der Waals surface area contributed by atoms with Gasteiger partial charge in [0.25, 0.3) is 0 Å². The van der Waals surface area contributed by atoms with E-state index >= 15 is 0 Å². The molecule has 0 atom stereocenters. The first-order chi connectivity index (χ1) is 8.67. The van der Waals surface area contributed by atoms with Gasteiger partial charge in [-0.15, -0.1) is 6.58 Å². The Labute approximate surface area is 106 Å². The molecule has 0 spiro atoms. The van der Waals surface area contributed by atoms with Crippen LogP contribution >= 0.6 is 0 Å². The quantitative estimate of drug-likeness (QED) is 0.563. The third kappa shape index (κ3) is 2.97. The number of hydrogen-bond donors (Lipinski definition) is 0. The van der Waals surface area contributed by atoms with E-state index in [9.17, 15) is 4.79 Å². The van der Waals surface area contributed by atoms with Gasteiger partial charge in [0.15, 0.2) is 0 Å². The molecule has 0 saturated carbocycles. The van der Waals surface area contributed by atoms with Crippen molar-refractivity contribution in [3.63, 3.8) is 0 Å². The van der Waals surface area contributed by atoms with Crippen molar-refractivity contribution in [1.82, 2.24) is 9.97 Å². The second kappa shape index (κ2) is 6.58. The first-order valence-corrected chi connectivity index (χ1v) is 5.44. The Bertz CT molecular complexity index is 446. The lowest BCUT2D eigenvalue weighted by Gasteiger charge is -2.11. The van der Waals surface area contributed by atoms with Crippen molar-refractivity contribution in [3.05, 3.63) is 23.9 Å². The van der Waals surface area contributed by atoms with E-state index in [0.29, 0.717) is 12.1 Å². The summed E-state index contributed by atoms with van der Waals surface area (Å²) in [6.45, 7) is 5.61. The van der Waals surface area contributed by atoms with Crippen molar-refractivity contribution in [2.24, 2.45) is 0 Å². The largest absolute Gasteiger partial charge is 0.480 e. The molecule has 1 rings (SSSR count). The number of methoxy groups -OCH3 is 2. The number of esters is 1. The van der Waals surface area contributed by atoms with Crippen molar-refractivity contribution >= 4 is 5.97 Å². The molecule has 0 aromatic carbocycles. The lowest BCUT2D eigenvalue weighted by molar-refractivity contribution is 0.0519. The fraction of sp³-hybridized carbons (Fsp3) is 0.417. The number of carbonyl (C=O) groups is 1. The van der Waals surface area contributed by atoms with Crippen LogP contribution in [-0.2, 0) is 11.2 Å². The van der Waals surface area contributed by atoms with Gasteiger partial charge in [-0.1, -0.05) is 6.08 Å². The molecular weight excluding hydrogens is 236 g/mol. The van der Waals surface area contributed by atoms with Gasteiger partial charge in [-0.05, 0) is 6.92 Å². The molecule has 6 heteroatoms. The average molecular weight is 252 g/mol. The summed E-state index contributed by atoms with van der Waals surface area (Å²) in [6.07, 6.45) is 2.02. The van der Waals surface area contributed by atoms with Gasteiger partial charge in [-0.3, -0.25) is 0 Å². The fourth-order valence-corrected chi connectivity index (χ4v) is 1.39. The lowest BCUT2D eigenvalue weighted by Crippen LogP contribution is -2.13. The predicted molar refractivity (Wildman–Crippen MR) is 65.0 cm³/mol. The van der Waals surface area contributed by atoms with E-state index in [0.717, 1.165) is 0 Å². The molecule has 1 aromatic rings. The van der Waals surface area contributed by atoms with Crippen LogP contribution in [0.1, 0.15) is 23.0 Å². The topological polar surface area (TPSA) is 70.5 Å². The van der Waals surface area contributed by atoms with Gasteiger partial charge < -0.3 is 14.2 Å². The Morgan fingerprint density at radius 3 is 2.56 bits per heavy atom. The van der Waals surface area contributed by atoms with Crippen molar-refractivity contribution in [2.75, 3.05) is 20.8 Å². The van der Waals surface area contributed by atoms with Crippen LogP contribution in [0.15, 0.2) is 12.7 Å². The third-order valence-electron chi connectivity index (χ3n) is 2.12. The molecule has 0 saturated heterocycles. The summed E-state index contributed by atoms with van der Waals surface area (Å²) < 4.78 is 15.0. The van der Waals surface area contributed by atoms with Gasteiger partial charge >= 0.3 is 12.0 Å². The molecular formula is C12H16N2O4. The molecule has 1 aromatic heterocycles. The van der Waals surface area contributed by atoms with Gasteiger partial charge in [0.2, 0.25) is 5.88 Å². The highest BCUT2D eigenvalue weighted by atomic mass is 16.5. The zero-order valence-electron chi connectivity index (χ0n) is 10.7. The van der Waals surface area contributed by atoms with Gasteiger partial charge in [0, 0.05) is 6.42 Å². The van der Waals surface area contributed by atoms with Crippen molar-refractivity contribution in [1.29, 1.82) is 0 Å². The zero-order valence-corrected chi connectivity index (χ0v) is 10.7. The fourth-order valence-electron chi connectivity index (χ4n) is 1.39. The highest BCUT2D eigenvalue weighted by Gasteiger charge is 2.22. The summed E-state index contributed by atoms with van der Waals surface area (Å²) in [4.78, 5) is 19.9. The summed E-state index contributed by atoms with van der Waals surface area (Å²) in [7, 11) is 2.86. The SMILES string of the molecule is C=CCc1nc(OC)nc(OC)c1C(=O)OCC. The molecule has 0 fully saturated rings. The smallest absolute Gasteiger partial charge is 0.345 e. The van der Waals surface area contributed by atoms with Crippen LogP contribution in [0.25, 0.3) is 0 Å². The van der Waals surface area contributed by atoms with Crippen molar-refractivity contribution < 1.29 is 19.0 Å². The highest BCUT2D eigenvalue weighted by Crippen LogP contribution is 2.23. The number of nitrogens with zero attached hydrogens (tertiary/aromatic N) is 2. The molecule has 0 amide bonds. The number of aromatic nitrogens is 2. The maximum Gasteiger partial charge on any atom is 0.345 e. The Balaban J connectivity index is 3.33. The van der Waals surface area contributed by atoms with E-state index in [2.05, 4.69) is 16.5 Å². The van der Waals surface area contributed by atoms with E-state index in [1.165, 1.54) is 14.2 Å². The normalized spacial score (nSPS) is 9.72. The van der Waals surface area contributed by atoms with Gasteiger partial charge in [0.1, 0.15) is 5.56 Å². The van der Waals surface area contributed by atoms with E-state index in [-0.39, 0.29) is 24.1 Å². The maximum atomic E-state index is 11.9. The van der Waals surface area contributed by atoms with Crippen LogP contribution in [-0.4, -0.2) is 36.8 Å². The van der Waals surface area contributed by atoms with E-state index in [4.69, 9.17) is 14.2 Å². The minimum atomic E-state index is -0.520. The zero-order chi connectivity index (χ0) is 13.5. The molecule has 0 radical (unpaired) electrons. The number of rotatable bonds is 6. The van der Waals surface area contributed by atoms with E-state index in [1.54, 1.807) is 13.0 Å². The van der Waals surface area contributed by atoms with Crippen LogP contribution in [0, 0.1) is 0 Å². The summed E-state index contributed by atoms with van der Waals surface area (Å²) in [5.41, 5.74) is 0.673. The Kier molecular flexibility index (Phi) is 5.10. The minimum Gasteiger partial charge on any atom is -0.480 e. The third-order valence-corrected chi connectivity index (χ3v) is 2.12. The molecule has 0 N–H and O–H groups in total. The predicted octanol–water partition coefficient (Wildman–Crippen LogP) is 1.40. The maximum absolute atomic E-state index is 11.9. The average Bonchev–Trinajstić information content (AvgIpc) is 2.38. The molecule has 6 nitrogen and oxygen atoms in total. The summed E-state index contributed by atoms with van der Waals surface area (Å²) in [6, 6.07) is 0.136. The monoisotopic (exact) mass is 252 g/mol. The summed E-state index contributed by atoms with van der Waals surface area (Å²) in [5.74, 6) is -0.383. The van der Waals surface area contributed by atoms with E-state index in [1.807, 2.05) is 0 Å². The second-order valence-corrected chi connectivity index (χ2v) is 3.25. The number of allylic oxidation sites excluding steroid dienone is 1. The standard InChI is InChI=1S/C12H16N2O4/c1-5-7-8-9(11(15)18-6-2)10(16-3)14-12(13-8)17-4/h5H,1,6-7H2,2-4H3. The number of hydrogen-bond acceptors (Lipinski definition) is 6. The molecule has 0 unspecified atom stereocenters. The number of carbonyl (C=O) groups excluding carboxylic acids is 1. The van der Waals surface area contributed by atoms with Crippen LogP contribution in [0.2, 0.25) is 0 Å². The van der Waals surface area contributed by atoms with Crippen molar-refractivity contribution in [3.8, 4) is 11.9 Å². The molecule has 1 heterocycles. The Morgan fingerprint density at radius 2 is 2.06 bits per heavy atom. The van der Waals surface area contributed by atoms with Crippen LogP contribution in [0.3, 0.4) is 0 Å². The molecule has 0 bridgehead atoms. The van der Waals surface area contributed by atoms with E-state index < -0.39 is 5.97 Å². The second-order valence-electron chi connectivity index (χ2n) is 3.25. The Hall–Kier alpha value is -2.11. The summed E-state index contributed by atoms with van der Waals surface area (Å²) >= 11 is 0. The first-order valence-electron chi connectivity index (χ1n) is 5.44. The lowest BCUT2D eigenvalue weighted by atomic mass is 10.1. The Morgan fingerprint density at radius 1 is 1.33 bits per heavy atom. The van der Waals surface area contributed by atoms with Gasteiger partial charge in [-0.2, -0.15) is 9.97 Å². The van der Waals surface area contributed by atoms with Crippen LogP contribution in [0.4, 0.5) is 0 Å². The molecule has 18 heavy (non-hydrogen) atoms. The van der Waals surface area contributed by atoms with Crippen molar-refractivity contribution in [2.45, 2.75) is 13.3 Å². The molecule has 0 aliphatic heterocycles.